The van der Waals surface area contributed by atoms with Crippen molar-refractivity contribution in [2.45, 2.75) is 27.3 Å². The van der Waals surface area contributed by atoms with Gasteiger partial charge in [-0.05, 0) is 20.8 Å². The number of carbonyl (C=O) groups excluding carboxylic acids is 1. The van der Waals surface area contributed by atoms with Crippen molar-refractivity contribution in [3.8, 4) is 0 Å². The van der Waals surface area contributed by atoms with Gasteiger partial charge in [0.15, 0.2) is 5.82 Å². The van der Waals surface area contributed by atoms with E-state index >= 15 is 0 Å². The first-order valence-electron chi connectivity index (χ1n) is 5.50. The lowest BCUT2D eigenvalue weighted by Crippen LogP contribution is -2.20. The molecule has 0 aromatic carbocycles. The Balaban J connectivity index is 2.05. The van der Waals surface area contributed by atoms with E-state index in [1.54, 1.807) is 24.6 Å². The molecule has 0 bridgehead atoms. The van der Waals surface area contributed by atoms with E-state index in [0.717, 1.165) is 11.4 Å². The van der Waals surface area contributed by atoms with Crippen LogP contribution in [0.2, 0.25) is 0 Å². The Morgan fingerprint density at radius 2 is 2.22 bits per heavy atom. The monoisotopic (exact) mass is 249 g/mol. The van der Waals surface area contributed by atoms with Crippen LogP contribution in [0, 0.1) is 20.8 Å². The quantitative estimate of drug-likeness (QED) is 0.846. The molecule has 7 heteroatoms. The number of hydrogen-bond donors (Lipinski definition) is 2. The maximum Gasteiger partial charge on any atom is 0.247 e. The molecule has 0 fully saturated rings. The molecule has 0 aliphatic carbocycles. The molecule has 1 amide bonds. The molecule has 0 saturated heterocycles. The third kappa shape index (κ3) is 2.34. The molecular formula is C11H15N5O2. The van der Waals surface area contributed by atoms with Crippen molar-refractivity contribution >= 4 is 17.4 Å². The van der Waals surface area contributed by atoms with Gasteiger partial charge in [0.1, 0.15) is 12.3 Å². The molecule has 7 nitrogen and oxygen atoms in total. The van der Waals surface area contributed by atoms with Gasteiger partial charge in [-0.15, -0.1) is 0 Å². The molecule has 18 heavy (non-hydrogen) atoms. The van der Waals surface area contributed by atoms with Crippen molar-refractivity contribution in [2.75, 3.05) is 11.1 Å². The average molecular weight is 249 g/mol. The first-order chi connectivity index (χ1) is 8.47. The number of rotatable bonds is 3. The summed E-state index contributed by atoms with van der Waals surface area (Å²) < 4.78 is 6.42. The number of nitrogen functional groups attached to an aromatic ring is 1. The lowest BCUT2D eigenvalue weighted by atomic mass is 10.3. The summed E-state index contributed by atoms with van der Waals surface area (Å²) >= 11 is 0. The summed E-state index contributed by atoms with van der Waals surface area (Å²) in [6.45, 7) is 5.47. The molecule has 3 N–H and O–H groups in total. The topological polar surface area (TPSA) is 99.0 Å². The van der Waals surface area contributed by atoms with Crippen molar-refractivity contribution in [2.24, 2.45) is 0 Å². The second-order valence-corrected chi connectivity index (χ2v) is 4.11. The van der Waals surface area contributed by atoms with Crippen molar-refractivity contribution < 1.29 is 9.32 Å². The van der Waals surface area contributed by atoms with Gasteiger partial charge >= 0.3 is 0 Å². The van der Waals surface area contributed by atoms with Gasteiger partial charge in [0.05, 0.1) is 17.1 Å². The Morgan fingerprint density at radius 3 is 2.72 bits per heavy atom. The van der Waals surface area contributed by atoms with Crippen LogP contribution in [0.25, 0.3) is 0 Å². The van der Waals surface area contributed by atoms with Crippen LogP contribution in [0.4, 0.5) is 11.5 Å². The molecule has 0 aliphatic rings. The summed E-state index contributed by atoms with van der Waals surface area (Å²) in [7, 11) is 0. The fourth-order valence-corrected chi connectivity index (χ4v) is 1.61. The lowest BCUT2D eigenvalue weighted by Gasteiger charge is -2.03. The van der Waals surface area contributed by atoms with Crippen LogP contribution in [0.1, 0.15) is 17.1 Å². The van der Waals surface area contributed by atoms with E-state index in [0.29, 0.717) is 17.3 Å². The molecule has 2 rings (SSSR count). The summed E-state index contributed by atoms with van der Waals surface area (Å²) in [6, 6.07) is 1.65. The van der Waals surface area contributed by atoms with Gasteiger partial charge in [-0.2, -0.15) is 5.10 Å². The molecule has 96 valence electrons. The highest BCUT2D eigenvalue weighted by molar-refractivity contribution is 5.89. The van der Waals surface area contributed by atoms with E-state index in [1.807, 2.05) is 6.92 Å². The van der Waals surface area contributed by atoms with Gasteiger partial charge in [-0.25, -0.2) is 0 Å². The van der Waals surface area contributed by atoms with E-state index in [2.05, 4.69) is 15.6 Å². The molecule has 0 saturated carbocycles. The third-order valence-electron chi connectivity index (χ3n) is 2.63. The number of anilines is 2. The van der Waals surface area contributed by atoms with Gasteiger partial charge in [0.25, 0.3) is 0 Å². The minimum absolute atomic E-state index is 0.0930. The van der Waals surface area contributed by atoms with E-state index in [-0.39, 0.29) is 12.5 Å². The predicted molar refractivity (Wildman–Crippen MR) is 66.0 cm³/mol. The standard InChI is InChI=1S/C11H15N5O2/c1-6-4-9(15-18-6)13-10(17)5-16-8(3)11(12)7(2)14-16/h4H,5,12H2,1-3H3,(H,13,15,17). The van der Waals surface area contributed by atoms with E-state index in [1.165, 1.54) is 0 Å². The maximum atomic E-state index is 11.8. The number of amides is 1. The normalized spacial score (nSPS) is 10.6. The van der Waals surface area contributed by atoms with Gasteiger partial charge in [-0.3, -0.25) is 9.48 Å². The number of nitrogens with two attached hydrogens (primary N) is 1. The number of nitrogens with zero attached hydrogens (tertiary/aromatic N) is 3. The minimum atomic E-state index is -0.228. The number of hydrogen-bond acceptors (Lipinski definition) is 5. The minimum Gasteiger partial charge on any atom is -0.396 e. The van der Waals surface area contributed by atoms with Crippen LogP contribution in [-0.4, -0.2) is 20.8 Å². The maximum absolute atomic E-state index is 11.8. The van der Waals surface area contributed by atoms with Gasteiger partial charge < -0.3 is 15.6 Å². The van der Waals surface area contributed by atoms with Crippen LogP contribution in [0.5, 0.6) is 0 Å². The number of nitrogens with one attached hydrogen (secondary N) is 1. The van der Waals surface area contributed by atoms with Gasteiger partial charge in [-0.1, -0.05) is 5.16 Å². The van der Waals surface area contributed by atoms with Crippen molar-refractivity contribution in [3.05, 3.63) is 23.2 Å². The molecule has 0 atom stereocenters. The fourth-order valence-electron chi connectivity index (χ4n) is 1.61. The molecule has 0 spiro atoms. The van der Waals surface area contributed by atoms with E-state index in [4.69, 9.17) is 10.3 Å². The molecule has 2 aromatic heterocycles. The number of aromatic nitrogens is 3. The zero-order chi connectivity index (χ0) is 13.3. The number of aryl methyl sites for hydroxylation is 2. The smallest absolute Gasteiger partial charge is 0.247 e. The summed E-state index contributed by atoms with van der Waals surface area (Å²) in [5.41, 5.74) is 7.90. The Kier molecular flexibility index (Phi) is 3.05. The summed E-state index contributed by atoms with van der Waals surface area (Å²) in [6.07, 6.45) is 0. The Hall–Kier alpha value is -2.31. The largest absolute Gasteiger partial charge is 0.396 e. The summed E-state index contributed by atoms with van der Waals surface area (Å²) in [5.74, 6) is 0.807. The summed E-state index contributed by atoms with van der Waals surface area (Å²) in [5, 5.41) is 10.5. The second kappa shape index (κ2) is 4.52. The number of carbonyl (C=O) groups is 1. The summed E-state index contributed by atoms with van der Waals surface area (Å²) in [4.78, 5) is 11.8. The Labute approximate surface area is 104 Å². The highest BCUT2D eigenvalue weighted by atomic mass is 16.5. The van der Waals surface area contributed by atoms with Crippen molar-refractivity contribution in [1.82, 2.24) is 14.9 Å². The van der Waals surface area contributed by atoms with Crippen molar-refractivity contribution in [1.29, 1.82) is 0 Å². The molecule has 0 unspecified atom stereocenters. The van der Waals surface area contributed by atoms with Crippen LogP contribution in [0.3, 0.4) is 0 Å². The third-order valence-corrected chi connectivity index (χ3v) is 2.63. The molecule has 2 heterocycles. The zero-order valence-electron chi connectivity index (χ0n) is 10.5. The highest BCUT2D eigenvalue weighted by Crippen LogP contribution is 2.14. The zero-order valence-corrected chi connectivity index (χ0v) is 10.5. The molecule has 2 aromatic rings. The SMILES string of the molecule is Cc1cc(NC(=O)Cn2nc(C)c(N)c2C)no1. The second-order valence-electron chi connectivity index (χ2n) is 4.11. The highest BCUT2D eigenvalue weighted by Gasteiger charge is 2.12. The molecule has 0 aliphatic heterocycles. The van der Waals surface area contributed by atoms with Crippen molar-refractivity contribution in [3.63, 3.8) is 0 Å². The first kappa shape index (κ1) is 12.2. The van der Waals surface area contributed by atoms with Gasteiger partial charge in [0.2, 0.25) is 5.91 Å². The van der Waals surface area contributed by atoms with Crippen LogP contribution in [-0.2, 0) is 11.3 Å². The predicted octanol–water partition coefficient (Wildman–Crippen LogP) is 1.02. The lowest BCUT2D eigenvalue weighted by molar-refractivity contribution is -0.117. The van der Waals surface area contributed by atoms with Crippen LogP contribution < -0.4 is 11.1 Å². The average Bonchev–Trinajstić information content (AvgIpc) is 2.80. The van der Waals surface area contributed by atoms with Gasteiger partial charge in [0, 0.05) is 6.07 Å². The van der Waals surface area contributed by atoms with E-state index < -0.39 is 0 Å². The Morgan fingerprint density at radius 1 is 1.50 bits per heavy atom. The first-order valence-corrected chi connectivity index (χ1v) is 5.50. The Bertz CT molecular complexity index is 584. The molecule has 0 radical (unpaired) electrons. The van der Waals surface area contributed by atoms with Crippen LogP contribution >= 0.6 is 0 Å². The van der Waals surface area contributed by atoms with E-state index in [9.17, 15) is 4.79 Å². The fraction of sp³-hybridized carbons (Fsp3) is 0.364. The molecular weight excluding hydrogens is 234 g/mol. The van der Waals surface area contributed by atoms with Crippen LogP contribution in [0.15, 0.2) is 10.6 Å².